The average Bonchev–Trinajstić information content (AvgIpc) is 2.71. The SMILES string of the molecule is Cc1ccccc1[C@H](NC(=O)[C@@H](C)Oc1cc(C)c(Cl)c(C)c1)c1ccccc1. The number of hydrogen-bond acceptors (Lipinski definition) is 2. The molecule has 3 aromatic carbocycles. The Labute approximate surface area is 177 Å². The Balaban J connectivity index is 1.82. The first-order chi connectivity index (χ1) is 13.9. The number of halogens is 1. The van der Waals surface area contributed by atoms with Crippen molar-refractivity contribution in [3.63, 3.8) is 0 Å². The van der Waals surface area contributed by atoms with Gasteiger partial charge in [0, 0.05) is 5.02 Å². The second-order valence-electron chi connectivity index (χ2n) is 7.34. The Bertz CT molecular complexity index is 978. The molecule has 3 nitrogen and oxygen atoms in total. The maximum absolute atomic E-state index is 13.0. The number of ether oxygens (including phenoxy) is 1. The molecule has 0 saturated carbocycles. The number of nitrogens with one attached hydrogen (secondary N) is 1. The van der Waals surface area contributed by atoms with Crippen molar-refractivity contribution in [1.29, 1.82) is 0 Å². The summed E-state index contributed by atoms with van der Waals surface area (Å²) in [5.41, 5.74) is 5.07. The standard InChI is InChI=1S/C25H26ClNO2/c1-16-10-8-9-13-22(16)24(20-11-6-5-7-12-20)27-25(28)19(4)29-21-14-17(2)23(26)18(3)15-21/h5-15,19,24H,1-4H3,(H,27,28)/t19-,24-/m1/s1. The van der Waals surface area contributed by atoms with Gasteiger partial charge in [0.25, 0.3) is 5.91 Å². The van der Waals surface area contributed by atoms with E-state index in [0.29, 0.717) is 5.75 Å². The summed E-state index contributed by atoms with van der Waals surface area (Å²) in [5.74, 6) is 0.464. The molecule has 0 saturated heterocycles. The average molecular weight is 408 g/mol. The highest BCUT2D eigenvalue weighted by atomic mass is 35.5. The van der Waals surface area contributed by atoms with E-state index >= 15 is 0 Å². The monoisotopic (exact) mass is 407 g/mol. The van der Waals surface area contributed by atoms with Crippen LogP contribution >= 0.6 is 11.6 Å². The first-order valence-corrected chi connectivity index (χ1v) is 10.1. The third kappa shape index (κ3) is 4.99. The minimum absolute atomic E-state index is 0.174. The highest BCUT2D eigenvalue weighted by Crippen LogP contribution is 2.27. The molecule has 150 valence electrons. The molecule has 29 heavy (non-hydrogen) atoms. The van der Waals surface area contributed by atoms with Gasteiger partial charge in [-0.15, -0.1) is 0 Å². The van der Waals surface area contributed by atoms with Crippen molar-refractivity contribution < 1.29 is 9.53 Å². The van der Waals surface area contributed by atoms with E-state index in [4.69, 9.17) is 16.3 Å². The minimum Gasteiger partial charge on any atom is -0.481 e. The molecule has 0 aliphatic rings. The van der Waals surface area contributed by atoms with E-state index in [1.807, 2.05) is 74.5 Å². The summed E-state index contributed by atoms with van der Waals surface area (Å²) in [7, 11) is 0. The van der Waals surface area contributed by atoms with E-state index in [1.165, 1.54) is 0 Å². The summed E-state index contributed by atoms with van der Waals surface area (Å²) in [6.45, 7) is 7.66. The number of aryl methyl sites for hydroxylation is 3. The van der Waals surface area contributed by atoms with Crippen LogP contribution in [0.4, 0.5) is 0 Å². The Hall–Kier alpha value is -2.78. The summed E-state index contributed by atoms with van der Waals surface area (Å²) >= 11 is 6.23. The summed E-state index contributed by atoms with van der Waals surface area (Å²) in [5, 5.41) is 3.88. The van der Waals surface area contributed by atoms with Gasteiger partial charge in [-0.2, -0.15) is 0 Å². The zero-order valence-electron chi connectivity index (χ0n) is 17.2. The summed E-state index contributed by atoms with van der Waals surface area (Å²) < 4.78 is 5.92. The second kappa shape index (κ2) is 9.15. The normalized spacial score (nSPS) is 12.9. The van der Waals surface area contributed by atoms with Gasteiger partial charge in [-0.05, 0) is 67.6 Å². The smallest absolute Gasteiger partial charge is 0.261 e. The van der Waals surface area contributed by atoms with Gasteiger partial charge < -0.3 is 10.1 Å². The molecule has 2 atom stereocenters. The Morgan fingerprint density at radius 3 is 2.10 bits per heavy atom. The van der Waals surface area contributed by atoms with E-state index in [2.05, 4.69) is 18.3 Å². The van der Waals surface area contributed by atoms with Crippen LogP contribution in [0.2, 0.25) is 5.02 Å². The Morgan fingerprint density at radius 1 is 0.897 bits per heavy atom. The third-order valence-corrected chi connectivity index (χ3v) is 5.61. The fourth-order valence-electron chi connectivity index (χ4n) is 3.39. The third-order valence-electron chi connectivity index (χ3n) is 5.01. The molecular weight excluding hydrogens is 382 g/mol. The van der Waals surface area contributed by atoms with Crippen molar-refractivity contribution in [3.05, 3.63) is 99.6 Å². The summed E-state index contributed by atoms with van der Waals surface area (Å²) in [6, 6.07) is 21.5. The van der Waals surface area contributed by atoms with Crippen LogP contribution in [0.1, 0.15) is 40.8 Å². The lowest BCUT2D eigenvalue weighted by Crippen LogP contribution is -2.39. The van der Waals surface area contributed by atoms with Crippen LogP contribution in [-0.2, 0) is 4.79 Å². The summed E-state index contributed by atoms with van der Waals surface area (Å²) in [6.07, 6.45) is -0.648. The molecule has 0 spiro atoms. The van der Waals surface area contributed by atoms with E-state index in [1.54, 1.807) is 6.92 Å². The maximum atomic E-state index is 13.0. The molecule has 0 aliphatic heterocycles. The van der Waals surface area contributed by atoms with Gasteiger partial charge in [0.05, 0.1) is 6.04 Å². The topological polar surface area (TPSA) is 38.3 Å². The van der Waals surface area contributed by atoms with E-state index in [0.717, 1.165) is 32.8 Å². The van der Waals surface area contributed by atoms with Crippen molar-refractivity contribution in [3.8, 4) is 5.75 Å². The molecular formula is C25H26ClNO2. The molecule has 3 aromatic rings. The molecule has 0 unspecified atom stereocenters. The van der Waals surface area contributed by atoms with Crippen molar-refractivity contribution >= 4 is 17.5 Å². The molecule has 1 amide bonds. The Morgan fingerprint density at radius 2 is 1.48 bits per heavy atom. The van der Waals surface area contributed by atoms with Gasteiger partial charge in [0.15, 0.2) is 6.10 Å². The lowest BCUT2D eigenvalue weighted by Gasteiger charge is -2.24. The van der Waals surface area contributed by atoms with Gasteiger partial charge in [0.2, 0.25) is 0 Å². The predicted octanol–water partition coefficient (Wildman–Crippen LogP) is 5.94. The fourth-order valence-corrected chi connectivity index (χ4v) is 3.50. The fraction of sp³-hybridized carbons (Fsp3) is 0.240. The van der Waals surface area contributed by atoms with Crippen LogP contribution in [0.15, 0.2) is 66.7 Å². The van der Waals surface area contributed by atoms with Crippen molar-refractivity contribution in [2.75, 3.05) is 0 Å². The quantitative estimate of drug-likeness (QED) is 0.549. The number of hydrogen-bond donors (Lipinski definition) is 1. The second-order valence-corrected chi connectivity index (χ2v) is 7.72. The van der Waals surface area contributed by atoms with Crippen molar-refractivity contribution in [2.24, 2.45) is 0 Å². The molecule has 1 N–H and O–H groups in total. The molecule has 4 heteroatoms. The lowest BCUT2D eigenvalue weighted by atomic mass is 9.95. The molecule has 0 bridgehead atoms. The first-order valence-electron chi connectivity index (χ1n) is 9.71. The van der Waals surface area contributed by atoms with Crippen molar-refractivity contribution in [2.45, 2.75) is 39.8 Å². The van der Waals surface area contributed by atoms with Gasteiger partial charge >= 0.3 is 0 Å². The Kier molecular flexibility index (Phi) is 6.60. The number of benzene rings is 3. The van der Waals surface area contributed by atoms with Crippen LogP contribution in [-0.4, -0.2) is 12.0 Å². The first kappa shape index (κ1) is 20.9. The molecule has 3 rings (SSSR count). The minimum atomic E-state index is -0.648. The summed E-state index contributed by atoms with van der Waals surface area (Å²) in [4.78, 5) is 13.0. The van der Waals surface area contributed by atoms with Crippen LogP contribution in [0.3, 0.4) is 0 Å². The van der Waals surface area contributed by atoms with E-state index in [9.17, 15) is 4.79 Å². The molecule has 0 radical (unpaired) electrons. The number of carbonyl (C=O) groups is 1. The van der Waals surface area contributed by atoms with Crippen LogP contribution in [0.25, 0.3) is 0 Å². The van der Waals surface area contributed by atoms with E-state index in [-0.39, 0.29) is 11.9 Å². The van der Waals surface area contributed by atoms with E-state index < -0.39 is 6.10 Å². The maximum Gasteiger partial charge on any atom is 0.261 e. The van der Waals surface area contributed by atoms with Gasteiger partial charge in [-0.1, -0.05) is 66.2 Å². The zero-order valence-corrected chi connectivity index (χ0v) is 18.0. The van der Waals surface area contributed by atoms with Gasteiger partial charge in [-0.3, -0.25) is 4.79 Å². The molecule has 0 aliphatic carbocycles. The number of carbonyl (C=O) groups excluding carboxylic acids is 1. The van der Waals surface area contributed by atoms with Crippen LogP contribution in [0.5, 0.6) is 5.75 Å². The zero-order chi connectivity index (χ0) is 21.0. The lowest BCUT2D eigenvalue weighted by molar-refractivity contribution is -0.127. The predicted molar refractivity (Wildman–Crippen MR) is 119 cm³/mol. The largest absolute Gasteiger partial charge is 0.481 e. The van der Waals surface area contributed by atoms with Crippen molar-refractivity contribution in [1.82, 2.24) is 5.32 Å². The molecule has 0 fully saturated rings. The van der Waals surface area contributed by atoms with Crippen LogP contribution in [0, 0.1) is 20.8 Å². The highest BCUT2D eigenvalue weighted by Gasteiger charge is 2.23. The number of amides is 1. The molecule has 0 heterocycles. The molecule has 0 aromatic heterocycles. The van der Waals surface area contributed by atoms with Crippen LogP contribution < -0.4 is 10.1 Å². The van der Waals surface area contributed by atoms with Gasteiger partial charge in [-0.25, -0.2) is 0 Å². The highest BCUT2D eigenvalue weighted by molar-refractivity contribution is 6.32. The number of rotatable bonds is 6. The van der Waals surface area contributed by atoms with Gasteiger partial charge in [0.1, 0.15) is 5.75 Å².